The number of halogens is 1. The van der Waals surface area contributed by atoms with E-state index in [0.717, 1.165) is 5.56 Å². The third-order valence-electron chi connectivity index (χ3n) is 2.90. The first kappa shape index (κ1) is 15.1. The van der Waals surface area contributed by atoms with E-state index in [1.54, 1.807) is 36.4 Å². The van der Waals surface area contributed by atoms with Gasteiger partial charge in [0.15, 0.2) is 0 Å². The molecule has 0 atom stereocenters. The molecule has 0 aliphatic heterocycles. The summed E-state index contributed by atoms with van der Waals surface area (Å²) in [5.41, 5.74) is 2.60. The van der Waals surface area contributed by atoms with Crippen LogP contribution < -0.4 is 5.32 Å². The number of carbonyl (C=O) groups excluding carboxylic acids is 1. The molecule has 0 radical (unpaired) electrons. The minimum Gasteiger partial charge on any atom is -0.384 e. The zero-order chi connectivity index (χ0) is 15.2. The summed E-state index contributed by atoms with van der Waals surface area (Å²) in [6.45, 7) is 1.65. The highest BCUT2D eigenvalue weighted by Gasteiger charge is 2.10. The monoisotopic (exact) mass is 299 g/mol. The lowest BCUT2D eigenvalue weighted by molar-refractivity contribution is 0.102. The Hall–Kier alpha value is -2.28. The first-order valence-electron chi connectivity index (χ1n) is 6.38. The van der Waals surface area contributed by atoms with Gasteiger partial charge < -0.3 is 10.4 Å². The summed E-state index contributed by atoms with van der Waals surface area (Å²) in [6, 6.07) is 12.3. The third kappa shape index (κ3) is 3.85. The van der Waals surface area contributed by atoms with Crippen molar-refractivity contribution < 1.29 is 9.90 Å². The van der Waals surface area contributed by atoms with Crippen LogP contribution in [0.25, 0.3) is 0 Å². The molecule has 4 heteroatoms. The van der Waals surface area contributed by atoms with Crippen molar-refractivity contribution in [2.75, 3.05) is 11.9 Å². The van der Waals surface area contributed by atoms with Gasteiger partial charge in [-0.05, 0) is 36.8 Å². The van der Waals surface area contributed by atoms with E-state index in [2.05, 4.69) is 17.2 Å². The Morgan fingerprint density at radius 2 is 2.05 bits per heavy atom. The summed E-state index contributed by atoms with van der Waals surface area (Å²) < 4.78 is 0. The van der Waals surface area contributed by atoms with Crippen LogP contribution in [0, 0.1) is 18.8 Å². The van der Waals surface area contributed by atoms with Crippen LogP contribution in [0.15, 0.2) is 42.5 Å². The van der Waals surface area contributed by atoms with Gasteiger partial charge in [-0.3, -0.25) is 4.79 Å². The molecule has 2 N–H and O–H groups in total. The van der Waals surface area contributed by atoms with Crippen LogP contribution in [0.5, 0.6) is 0 Å². The highest BCUT2D eigenvalue weighted by atomic mass is 35.5. The zero-order valence-electron chi connectivity index (χ0n) is 11.5. The number of hydrogen-bond acceptors (Lipinski definition) is 2. The van der Waals surface area contributed by atoms with Crippen molar-refractivity contribution in [3.05, 3.63) is 64.2 Å². The number of carbonyl (C=O) groups is 1. The lowest BCUT2D eigenvalue weighted by Gasteiger charge is -2.08. The summed E-state index contributed by atoms with van der Waals surface area (Å²) in [6.07, 6.45) is 0. The number of nitrogens with one attached hydrogen (secondary N) is 1. The van der Waals surface area contributed by atoms with Gasteiger partial charge in [0.25, 0.3) is 5.91 Å². The van der Waals surface area contributed by atoms with Crippen LogP contribution in [0.3, 0.4) is 0 Å². The molecule has 21 heavy (non-hydrogen) atoms. The number of anilines is 1. The molecule has 0 heterocycles. The predicted octanol–water partition coefficient (Wildman–Crippen LogP) is 3.24. The number of aliphatic hydroxyl groups excluding tert-OH is 1. The Bertz CT molecular complexity index is 729. The normalized spacial score (nSPS) is 9.67. The van der Waals surface area contributed by atoms with E-state index >= 15 is 0 Å². The van der Waals surface area contributed by atoms with Gasteiger partial charge in [-0.1, -0.05) is 41.6 Å². The number of aliphatic hydroxyl groups is 1. The van der Waals surface area contributed by atoms with Gasteiger partial charge in [-0.25, -0.2) is 0 Å². The maximum Gasteiger partial charge on any atom is 0.256 e. The van der Waals surface area contributed by atoms with Crippen LogP contribution in [0.1, 0.15) is 21.5 Å². The molecule has 0 unspecified atom stereocenters. The average molecular weight is 300 g/mol. The largest absolute Gasteiger partial charge is 0.384 e. The highest BCUT2D eigenvalue weighted by Crippen LogP contribution is 2.20. The second-order valence-electron chi connectivity index (χ2n) is 4.42. The summed E-state index contributed by atoms with van der Waals surface area (Å²) in [5.74, 6) is 5.04. The second kappa shape index (κ2) is 6.94. The predicted molar refractivity (Wildman–Crippen MR) is 84.5 cm³/mol. The molecule has 0 aliphatic rings. The average Bonchev–Trinajstić information content (AvgIpc) is 2.49. The van der Waals surface area contributed by atoms with E-state index in [0.29, 0.717) is 21.8 Å². The molecule has 0 aromatic heterocycles. The molecule has 0 saturated heterocycles. The molecule has 3 nitrogen and oxygen atoms in total. The van der Waals surface area contributed by atoms with Crippen LogP contribution >= 0.6 is 11.6 Å². The Morgan fingerprint density at radius 1 is 1.29 bits per heavy atom. The second-order valence-corrected chi connectivity index (χ2v) is 4.83. The fourth-order valence-corrected chi connectivity index (χ4v) is 1.97. The van der Waals surface area contributed by atoms with Crippen LogP contribution in [-0.2, 0) is 0 Å². The van der Waals surface area contributed by atoms with Crippen molar-refractivity contribution >= 4 is 23.2 Å². The van der Waals surface area contributed by atoms with Crippen LogP contribution in [0.4, 0.5) is 5.69 Å². The Labute approximate surface area is 128 Å². The van der Waals surface area contributed by atoms with Gasteiger partial charge in [0.1, 0.15) is 6.61 Å². The summed E-state index contributed by atoms with van der Waals surface area (Å²) in [4.78, 5) is 12.3. The summed E-state index contributed by atoms with van der Waals surface area (Å²) >= 11 is 6.04. The standard InChI is InChI=1S/C17H14ClNO2/c1-12-8-9-14(11-16(12)18)19-17(21)15-7-3-2-5-13(15)6-4-10-20/h2-3,5,7-9,11,20H,10H2,1H3,(H,19,21). The number of amides is 1. The molecule has 0 aliphatic carbocycles. The number of benzene rings is 2. The molecular formula is C17H14ClNO2. The molecule has 1 amide bonds. The maximum absolute atomic E-state index is 12.3. The molecule has 0 spiro atoms. The van der Waals surface area contributed by atoms with Crippen molar-refractivity contribution in [1.82, 2.24) is 0 Å². The van der Waals surface area contributed by atoms with Crippen molar-refractivity contribution in [2.24, 2.45) is 0 Å². The van der Waals surface area contributed by atoms with E-state index in [1.807, 2.05) is 13.0 Å². The maximum atomic E-state index is 12.3. The molecule has 2 rings (SSSR count). The third-order valence-corrected chi connectivity index (χ3v) is 3.31. The lowest BCUT2D eigenvalue weighted by atomic mass is 10.1. The minimum atomic E-state index is -0.266. The minimum absolute atomic E-state index is 0.247. The number of hydrogen-bond donors (Lipinski definition) is 2. The topological polar surface area (TPSA) is 49.3 Å². The first-order chi connectivity index (χ1) is 10.1. The van der Waals surface area contributed by atoms with Gasteiger partial charge in [-0.2, -0.15) is 0 Å². The smallest absolute Gasteiger partial charge is 0.256 e. The van der Waals surface area contributed by atoms with Crippen molar-refractivity contribution in [3.8, 4) is 11.8 Å². The zero-order valence-corrected chi connectivity index (χ0v) is 12.2. The van der Waals surface area contributed by atoms with E-state index in [-0.39, 0.29) is 12.5 Å². The Morgan fingerprint density at radius 3 is 2.76 bits per heavy atom. The molecule has 0 bridgehead atoms. The Balaban J connectivity index is 2.26. The fraction of sp³-hybridized carbons (Fsp3) is 0.118. The molecule has 106 valence electrons. The van der Waals surface area contributed by atoms with Gasteiger partial charge in [0.2, 0.25) is 0 Å². The van der Waals surface area contributed by atoms with E-state index < -0.39 is 0 Å². The molecule has 0 fully saturated rings. The van der Waals surface area contributed by atoms with E-state index in [9.17, 15) is 4.79 Å². The van der Waals surface area contributed by atoms with Gasteiger partial charge >= 0.3 is 0 Å². The molecular weight excluding hydrogens is 286 g/mol. The van der Waals surface area contributed by atoms with Gasteiger partial charge in [-0.15, -0.1) is 0 Å². The number of rotatable bonds is 2. The fourth-order valence-electron chi connectivity index (χ4n) is 1.79. The van der Waals surface area contributed by atoms with Gasteiger partial charge in [0.05, 0.1) is 5.56 Å². The summed E-state index contributed by atoms with van der Waals surface area (Å²) in [7, 11) is 0. The molecule has 2 aromatic carbocycles. The van der Waals surface area contributed by atoms with E-state index in [1.165, 1.54) is 0 Å². The first-order valence-corrected chi connectivity index (χ1v) is 6.76. The van der Waals surface area contributed by atoms with Gasteiger partial charge in [0, 0.05) is 16.3 Å². The molecule has 2 aromatic rings. The lowest BCUT2D eigenvalue weighted by Crippen LogP contribution is -2.13. The van der Waals surface area contributed by atoms with Crippen molar-refractivity contribution in [2.45, 2.75) is 6.92 Å². The van der Waals surface area contributed by atoms with Crippen LogP contribution in [-0.4, -0.2) is 17.6 Å². The van der Waals surface area contributed by atoms with E-state index in [4.69, 9.17) is 16.7 Å². The van der Waals surface area contributed by atoms with Crippen molar-refractivity contribution in [1.29, 1.82) is 0 Å². The number of aryl methyl sites for hydroxylation is 1. The summed E-state index contributed by atoms with van der Waals surface area (Å²) in [5, 5.41) is 12.1. The SMILES string of the molecule is Cc1ccc(NC(=O)c2ccccc2C#CCO)cc1Cl. The van der Waals surface area contributed by atoms with Crippen LogP contribution in [0.2, 0.25) is 5.02 Å². The molecule has 0 saturated carbocycles. The Kier molecular flexibility index (Phi) is 4.99. The quantitative estimate of drug-likeness (QED) is 0.836. The van der Waals surface area contributed by atoms with Crippen molar-refractivity contribution in [3.63, 3.8) is 0 Å². The highest BCUT2D eigenvalue weighted by molar-refractivity contribution is 6.31.